The van der Waals surface area contributed by atoms with Gasteiger partial charge in [-0.2, -0.15) is 5.26 Å². The van der Waals surface area contributed by atoms with Gasteiger partial charge >= 0.3 is 0 Å². The number of rotatable bonds is 6. The molecule has 5 heteroatoms. The van der Waals surface area contributed by atoms with Crippen molar-refractivity contribution in [2.24, 2.45) is 0 Å². The number of hydrogen-bond acceptors (Lipinski definition) is 4. The molecule has 0 saturated carbocycles. The zero-order chi connectivity index (χ0) is 23.5. The smallest absolute Gasteiger partial charge is 0.192 e. The van der Waals surface area contributed by atoms with Crippen LogP contribution in [-0.2, 0) is 0 Å². The lowest BCUT2D eigenvalue weighted by Gasteiger charge is -2.15. The molecule has 0 radical (unpaired) electrons. The summed E-state index contributed by atoms with van der Waals surface area (Å²) in [5, 5.41) is 11.2. The molecule has 5 aromatic rings. The predicted octanol–water partition coefficient (Wildman–Crippen LogP) is 7.13. The van der Waals surface area contributed by atoms with Gasteiger partial charge in [-0.15, -0.1) is 0 Å². The highest BCUT2D eigenvalue weighted by Crippen LogP contribution is 2.36. The van der Waals surface area contributed by atoms with Crippen molar-refractivity contribution < 1.29 is 4.79 Å². The van der Waals surface area contributed by atoms with Crippen LogP contribution in [0.2, 0.25) is 0 Å². The van der Waals surface area contributed by atoms with E-state index in [1.54, 1.807) is 0 Å². The highest BCUT2D eigenvalue weighted by molar-refractivity contribution is 8.00. The van der Waals surface area contributed by atoms with Crippen molar-refractivity contribution in [2.45, 2.75) is 17.2 Å². The molecule has 2 aromatic heterocycles. The minimum absolute atomic E-state index is 0.0294. The summed E-state index contributed by atoms with van der Waals surface area (Å²) in [6.07, 6.45) is 0. The molecule has 0 aliphatic heterocycles. The van der Waals surface area contributed by atoms with E-state index in [1.807, 2.05) is 104 Å². The van der Waals surface area contributed by atoms with E-state index >= 15 is 0 Å². The van der Waals surface area contributed by atoms with Gasteiger partial charge in [-0.25, -0.2) is 4.98 Å². The van der Waals surface area contributed by atoms with Crippen LogP contribution >= 0.6 is 11.8 Å². The summed E-state index contributed by atoms with van der Waals surface area (Å²) in [7, 11) is 0. The Hall–Kier alpha value is -4.14. The summed E-state index contributed by atoms with van der Waals surface area (Å²) in [6, 6.07) is 33.7. The molecule has 3 aromatic carbocycles. The third-order valence-electron chi connectivity index (χ3n) is 5.71. The average Bonchev–Trinajstić information content (AvgIpc) is 3.33. The number of ketones is 1. The Morgan fingerprint density at radius 2 is 1.56 bits per heavy atom. The van der Waals surface area contributed by atoms with E-state index in [1.165, 1.54) is 11.8 Å². The molecule has 5 rings (SSSR count). The first kappa shape index (κ1) is 21.7. The molecule has 1 N–H and O–H groups in total. The maximum absolute atomic E-state index is 13.3. The zero-order valence-electron chi connectivity index (χ0n) is 18.5. The van der Waals surface area contributed by atoms with Gasteiger partial charge in [-0.3, -0.25) is 4.79 Å². The van der Waals surface area contributed by atoms with E-state index in [-0.39, 0.29) is 5.78 Å². The Morgan fingerprint density at radius 3 is 2.24 bits per heavy atom. The Labute approximate surface area is 202 Å². The van der Waals surface area contributed by atoms with Crippen molar-refractivity contribution in [2.75, 3.05) is 0 Å². The number of thioether (sulfide) groups is 1. The molecule has 2 heterocycles. The summed E-state index contributed by atoms with van der Waals surface area (Å²) in [6.45, 7) is 1.86. The fourth-order valence-electron chi connectivity index (χ4n) is 3.96. The summed E-state index contributed by atoms with van der Waals surface area (Å²) in [4.78, 5) is 21.3. The summed E-state index contributed by atoms with van der Waals surface area (Å²) in [5.74, 6) is -0.0294. The summed E-state index contributed by atoms with van der Waals surface area (Å²) >= 11 is 1.32. The first-order chi connectivity index (χ1) is 16.6. The number of carbonyl (C=O) groups excluding carboxylic acids is 1. The van der Waals surface area contributed by atoms with Gasteiger partial charge in [0.05, 0.1) is 22.2 Å². The molecule has 34 heavy (non-hydrogen) atoms. The standard InChI is InChI=1S/C29H21N3OS/c1-19(28(33)27-16-22-14-8-9-15-25(22)31-27)34-29-24(18-30)23(20-10-4-2-5-11-20)17-26(32-29)21-12-6-3-7-13-21/h2-17,19,31H,1H3. The first-order valence-electron chi connectivity index (χ1n) is 11.0. The Kier molecular flexibility index (Phi) is 5.99. The van der Waals surface area contributed by atoms with Crippen LogP contribution in [0.15, 0.2) is 102 Å². The van der Waals surface area contributed by atoms with Crippen LogP contribution in [0.5, 0.6) is 0 Å². The second-order valence-corrected chi connectivity index (χ2v) is 9.30. The number of pyridine rings is 1. The maximum Gasteiger partial charge on any atom is 0.192 e. The van der Waals surface area contributed by atoms with Gasteiger partial charge in [-0.05, 0) is 30.7 Å². The lowest BCUT2D eigenvalue weighted by Crippen LogP contribution is -2.14. The van der Waals surface area contributed by atoms with E-state index in [9.17, 15) is 10.1 Å². The molecule has 0 aliphatic carbocycles. The molecule has 0 bridgehead atoms. The molecule has 0 saturated heterocycles. The van der Waals surface area contributed by atoms with E-state index in [0.717, 1.165) is 33.3 Å². The molecular formula is C29H21N3OS. The average molecular weight is 460 g/mol. The van der Waals surface area contributed by atoms with E-state index in [2.05, 4.69) is 11.1 Å². The summed E-state index contributed by atoms with van der Waals surface area (Å²) in [5.41, 5.74) is 5.44. The van der Waals surface area contributed by atoms with Crippen molar-refractivity contribution in [3.05, 3.63) is 108 Å². The fourth-order valence-corrected chi connectivity index (χ4v) is 4.96. The molecule has 1 atom stereocenters. The lowest BCUT2D eigenvalue weighted by atomic mass is 9.99. The van der Waals surface area contributed by atoms with Crippen molar-refractivity contribution in [1.29, 1.82) is 5.26 Å². The van der Waals surface area contributed by atoms with Crippen LogP contribution in [0.25, 0.3) is 33.3 Å². The highest BCUT2D eigenvalue weighted by Gasteiger charge is 2.23. The number of nitrogens with zero attached hydrogens (tertiary/aromatic N) is 2. The number of aromatic nitrogens is 2. The van der Waals surface area contributed by atoms with E-state index in [0.29, 0.717) is 16.3 Å². The normalized spacial score (nSPS) is 11.8. The van der Waals surface area contributed by atoms with E-state index in [4.69, 9.17) is 4.98 Å². The van der Waals surface area contributed by atoms with Gasteiger partial charge in [0, 0.05) is 22.0 Å². The molecular weight excluding hydrogens is 438 g/mol. The van der Waals surface area contributed by atoms with Crippen LogP contribution in [0, 0.1) is 11.3 Å². The Morgan fingerprint density at radius 1 is 0.912 bits per heavy atom. The van der Waals surface area contributed by atoms with Crippen LogP contribution in [0.3, 0.4) is 0 Å². The van der Waals surface area contributed by atoms with Gasteiger partial charge in [0.2, 0.25) is 0 Å². The molecule has 0 aliphatic rings. The van der Waals surface area contributed by atoms with E-state index < -0.39 is 5.25 Å². The van der Waals surface area contributed by atoms with Crippen molar-refractivity contribution >= 4 is 28.4 Å². The molecule has 0 spiro atoms. The van der Waals surface area contributed by atoms with Gasteiger partial charge in [0.1, 0.15) is 11.1 Å². The molecule has 0 amide bonds. The van der Waals surface area contributed by atoms with Crippen LogP contribution in [-0.4, -0.2) is 21.0 Å². The van der Waals surface area contributed by atoms with Gasteiger partial charge < -0.3 is 4.98 Å². The minimum atomic E-state index is -0.428. The van der Waals surface area contributed by atoms with Crippen LogP contribution < -0.4 is 0 Å². The summed E-state index contributed by atoms with van der Waals surface area (Å²) < 4.78 is 0. The molecule has 164 valence electrons. The van der Waals surface area contributed by atoms with Gasteiger partial charge in [-0.1, -0.05) is 90.6 Å². The third kappa shape index (κ3) is 4.24. The Bertz CT molecular complexity index is 1490. The number of carbonyl (C=O) groups is 1. The third-order valence-corrected chi connectivity index (χ3v) is 6.79. The number of fused-ring (bicyclic) bond motifs is 1. The number of hydrogen-bond donors (Lipinski definition) is 1. The van der Waals surface area contributed by atoms with Crippen molar-refractivity contribution in [3.8, 4) is 28.5 Å². The number of Topliss-reactive ketones (excluding diaryl/α,β-unsaturated/α-hetero) is 1. The molecule has 1 unspecified atom stereocenters. The minimum Gasteiger partial charge on any atom is -0.352 e. The van der Waals surface area contributed by atoms with Crippen molar-refractivity contribution in [1.82, 2.24) is 9.97 Å². The Balaban J connectivity index is 1.56. The number of nitriles is 1. The first-order valence-corrected chi connectivity index (χ1v) is 11.9. The van der Waals surface area contributed by atoms with Crippen LogP contribution in [0.4, 0.5) is 0 Å². The van der Waals surface area contributed by atoms with Crippen LogP contribution in [0.1, 0.15) is 23.0 Å². The predicted molar refractivity (Wildman–Crippen MR) is 138 cm³/mol. The van der Waals surface area contributed by atoms with Gasteiger partial charge in [0.15, 0.2) is 5.78 Å². The fraction of sp³-hybridized carbons (Fsp3) is 0.0690. The number of para-hydroxylation sites is 1. The van der Waals surface area contributed by atoms with Gasteiger partial charge in [0.25, 0.3) is 0 Å². The quantitative estimate of drug-likeness (QED) is 0.217. The zero-order valence-corrected chi connectivity index (χ0v) is 19.3. The highest BCUT2D eigenvalue weighted by atomic mass is 32.2. The van der Waals surface area contributed by atoms with Crippen molar-refractivity contribution in [3.63, 3.8) is 0 Å². The number of nitrogens with one attached hydrogen (secondary N) is 1. The molecule has 0 fully saturated rings. The molecule has 4 nitrogen and oxygen atoms in total. The second-order valence-electron chi connectivity index (χ2n) is 7.97. The largest absolute Gasteiger partial charge is 0.352 e. The topological polar surface area (TPSA) is 69.5 Å². The SMILES string of the molecule is CC(Sc1nc(-c2ccccc2)cc(-c2ccccc2)c1C#N)C(=O)c1cc2ccccc2[nH]1. The number of aromatic amines is 1. The lowest BCUT2D eigenvalue weighted by molar-refractivity contribution is 0.0990. The number of H-pyrrole nitrogens is 1. The monoisotopic (exact) mass is 459 g/mol. The number of benzene rings is 3. The second kappa shape index (κ2) is 9.38. The maximum atomic E-state index is 13.3.